The van der Waals surface area contributed by atoms with Crippen LogP contribution in [-0.2, 0) is 14.3 Å². The normalized spacial score (nSPS) is 49.1. The fraction of sp³-hybridized carbons (Fsp3) is 0.964. The van der Waals surface area contributed by atoms with Gasteiger partial charge in [0.25, 0.3) is 0 Å². The molecule has 32 heavy (non-hydrogen) atoms. The van der Waals surface area contributed by atoms with Gasteiger partial charge in [-0.25, -0.2) is 0 Å². The van der Waals surface area contributed by atoms with Gasteiger partial charge < -0.3 is 14.6 Å². The number of aliphatic carboxylic acids is 1. The Morgan fingerprint density at radius 2 is 1.84 bits per heavy atom. The fourth-order valence-corrected chi connectivity index (χ4v) is 9.60. The lowest BCUT2D eigenvalue weighted by Gasteiger charge is -2.65. The zero-order valence-corrected chi connectivity index (χ0v) is 21.4. The van der Waals surface area contributed by atoms with Crippen LogP contribution in [0.5, 0.6) is 0 Å². The molecule has 0 aromatic rings. The summed E-state index contributed by atoms with van der Waals surface area (Å²) in [5.74, 6) is 4.80. The molecule has 11 atom stereocenters. The zero-order chi connectivity index (χ0) is 23.3. The van der Waals surface area contributed by atoms with E-state index in [0.29, 0.717) is 59.7 Å². The van der Waals surface area contributed by atoms with Crippen LogP contribution in [0.25, 0.3) is 0 Å². The van der Waals surface area contributed by atoms with Crippen molar-refractivity contribution in [3.8, 4) is 0 Å². The second-order valence-electron chi connectivity index (χ2n) is 12.8. The highest BCUT2D eigenvalue weighted by Gasteiger charge is 2.65. The van der Waals surface area contributed by atoms with Gasteiger partial charge in [-0.2, -0.15) is 0 Å². The maximum absolute atomic E-state index is 11.2. The Balaban J connectivity index is 1.64. The third-order valence-corrected chi connectivity index (χ3v) is 11.5. The smallest absolute Gasteiger partial charge is 0.303 e. The first-order valence-electron chi connectivity index (χ1n) is 13.4. The Morgan fingerprint density at radius 3 is 2.53 bits per heavy atom. The second kappa shape index (κ2) is 9.21. The molecule has 4 rings (SSSR count). The molecule has 4 heteroatoms. The predicted molar refractivity (Wildman–Crippen MR) is 127 cm³/mol. The van der Waals surface area contributed by atoms with Gasteiger partial charge in [-0.1, -0.05) is 41.0 Å². The molecule has 0 spiro atoms. The van der Waals surface area contributed by atoms with Crippen molar-refractivity contribution in [2.75, 3.05) is 13.9 Å². The maximum atomic E-state index is 11.2. The van der Waals surface area contributed by atoms with Crippen molar-refractivity contribution in [3.63, 3.8) is 0 Å². The topological polar surface area (TPSA) is 55.8 Å². The SMILES string of the molecule is COCO[C@@H]1C[C@@H]2C[C@H](C)CC[C@]2(C)[C@H]2C[C@H](C)[C@]3(C)[C@@H]([C@H](C)CCC(=O)O)CC[C@H]3[C@H]12. The van der Waals surface area contributed by atoms with Crippen molar-refractivity contribution in [3.05, 3.63) is 0 Å². The van der Waals surface area contributed by atoms with Gasteiger partial charge in [0, 0.05) is 13.5 Å². The number of hydrogen-bond acceptors (Lipinski definition) is 3. The van der Waals surface area contributed by atoms with Gasteiger partial charge in [-0.15, -0.1) is 0 Å². The van der Waals surface area contributed by atoms with Crippen LogP contribution in [0.1, 0.15) is 92.4 Å². The summed E-state index contributed by atoms with van der Waals surface area (Å²) in [6.45, 7) is 12.9. The first-order chi connectivity index (χ1) is 15.1. The highest BCUT2D eigenvalue weighted by molar-refractivity contribution is 5.66. The van der Waals surface area contributed by atoms with E-state index >= 15 is 0 Å². The molecule has 4 aliphatic carbocycles. The maximum Gasteiger partial charge on any atom is 0.303 e. The molecular formula is C28H48O4. The van der Waals surface area contributed by atoms with Crippen molar-refractivity contribution in [2.24, 2.45) is 58.2 Å². The quantitative estimate of drug-likeness (QED) is 0.444. The molecule has 1 N–H and O–H groups in total. The standard InChI is InChI=1S/C28H48O4/c1-17-11-12-27(4)20(13-17)15-24(32-16-31-6)26-22-9-8-21(18(2)7-10-25(29)30)28(22,5)19(3)14-23(26)27/h17-24,26H,7-16H2,1-6H3,(H,29,30)/t17-,18-,19+,20+,21-,22+,23+,24-,26+,27+,28-/m1/s1. The van der Waals surface area contributed by atoms with Crippen LogP contribution < -0.4 is 0 Å². The number of rotatable bonds is 7. The highest BCUT2D eigenvalue weighted by Crippen LogP contribution is 2.70. The molecule has 0 radical (unpaired) electrons. The summed E-state index contributed by atoms with van der Waals surface area (Å²) in [5.41, 5.74) is 0.742. The van der Waals surface area contributed by atoms with E-state index in [1.54, 1.807) is 7.11 Å². The largest absolute Gasteiger partial charge is 0.481 e. The monoisotopic (exact) mass is 448 g/mol. The fourth-order valence-electron chi connectivity index (χ4n) is 9.60. The minimum Gasteiger partial charge on any atom is -0.481 e. The van der Waals surface area contributed by atoms with Gasteiger partial charge in [0.05, 0.1) is 6.10 Å². The summed E-state index contributed by atoms with van der Waals surface area (Å²) in [5, 5.41) is 9.25. The van der Waals surface area contributed by atoms with Gasteiger partial charge in [0.2, 0.25) is 0 Å². The van der Waals surface area contributed by atoms with Crippen molar-refractivity contribution in [1.29, 1.82) is 0 Å². The number of carboxylic acids is 1. The third-order valence-electron chi connectivity index (χ3n) is 11.5. The molecule has 0 aliphatic heterocycles. The minimum absolute atomic E-state index is 0.291. The number of fused-ring (bicyclic) bond motifs is 5. The molecule has 184 valence electrons. The van der Waals surface area contributed by atoms with Crippen LogP contribution in [0.15, 0.2) is 0 Å². The summed E-state index contributed by atoms with van der Waals surface area (Å²) in [6.07, 6.45) is 10.6. The number of ether oxygens (including phenoxy) is 2. The van der Waals surface area contributed by atoms with Crippen LogP contribution in [0.3, 0.4) is 0 Å². The Bertz CT molecular complexity index is 678. The summed E-state index contributed by atoms with van der Waals surface area (Å²) in [4.78, 5) is 11.2. The average molecular weight is 449 g/mol. The number of carboxylic acid groups (broad SMARTS) is 1. The highest BCUT2D eigenvalue weighted by atomic mass is 16.7. The lowest BCUT2D eigenvalue weighted by atomic mass is 9.41. The van der Waals surface area contributed by atoms with Gasteiger partial charge in [-0.3, -0.25) is 4.79 Å². The van der Waals surface area contributed by atoms with E-state index in [9.17, 15) is 9.90 Å². The van der Waals surface area contributed by atoms with E-state index in [0.717, 1.165) is 24.2 Å². The summed E-state index contributed by atoms with van der Waals surface area (Å²) < 4.78 is 11.9. The lowest BCUT2D eigenvalue weighted by Crippen LogP contribution is -2.60. The van der Waals surface area contributed by atoms with Crippen molar-refractivity contribution in [2.45, 2.75) is 98.5 Å². The van der Waals surface area contributed by atoms with Gasteiger partial charge in [0.1, 0.15) is 6.79 Å². The Hall–Kier alpha value is -0.610. The zero-order valence-electron chi connectivity index (χ0n) is 21.4. The van der Waals surface area contributed by atoms with E-state index in [1.165, 1.54) is 44.9 Å². The van der Waals surface area contributed by atoms with Crippen LogP contribution in [-0.4, -0.2) is 31.1 Å². The van der Waals surface area contributed by atoms with Gasteiger partial charge >= 0.3 is 5.97 Å². The van der Waals surface area contributed by atoms with E-state index < -0.39 is 5.97 Å². The van der Waals surface area contributed by atoms with Crippen LogP contribution in [0.2, 0.25) is 0 Å². The number of carbonyl (C=O) groups is 1. The van der Waals surface area contributed by atoms with Gasteiger partial charge in [0.15, 0.2) is 0 Å². The summed E-state index contributed by atoms with van der Waals surface area (Å²) in [6, 6.07) is 0. The number of hydrogen-bond donors (Lipinski definition) is 1. The molecule has 0 bridgehead atoms. The minimum atomic E-state index is -0.654. The van der Waals surface area contributed by atoms with Crippen molar-refractivity contribution >= 4 is 5.97 Å². The molecule has 0 heterocycles. The van der Waals surface area contributed by atoms with E-state index in [-0.39, 0.29) is 0 Å². The summed E-state index contributed by atoms with van der Waals surface area (Å²) >= 11 is 0. The molecule has 0 saturated heterocycles. The summed E-state index contributed by atoms with van der Waals surface area (Å²) in [7, 11) is 1.75. The molecule has 4 aliphatic rings. The Morgan fingerprint density at radius 1 is 1.09 bits per heavy atom. The average Bonchev–Trinajstić information content (AvgIpc) is 3.10. The lowest BCUT2D eigenvalue weighted by molar-refractivity contribution is -0.215. The van der Waals surface area contributed by atoms with E-state index in [1.807, 2.05) is 0 Å². The first kappa shape index (κ1) is 24.5. The van der Waals surface area contributed by atoms with Crippen LogP contribution in [0, 0.1) is 58.2 Å². The predicted octanol–water partition coefficient (Wildman–Crippen LogP) is 6.63. The molecule has 0 aromatic heterocycles. The Labute approximate surface area is 196 Å². The molecule has 4 saturated carbocycles. The molecule has 0 unspecified atom stereocenters. The number of methoxy groups -OCH3 is 1. The first-order valence-corrected chi connectivity index (χ1v) is 13.4. The Kier molecular flexibility index (Phi) is 7.05. The van der Waals surface area contributed by atoms with E-state index in [2.05, 4.69) is 34.6 Å². The van der Waals surface area contributed by atoms with Gasteiger partial charge in [-0.05, 0) is 103 Å². The van der Waals surface area contributed by atoms with E-state index in [4.69, 9.17) is 9.47 Å². The van der Waals surface area contributed by atoms with Crippen LogP contribution >= 0.6 is 0 Å². The molecular weight excluding hydrogens is 400 g/mol. The molecule has 0 aromatic carbocycles. The molecule has 0 amide bonds. The third kappa shape index (κ3) is 3.96. The van der Waals surface area contributed by atoms with Crippen LogP contribution in [0.4, 0.5) is 0 Å². The second-order valence-corrected chi connectivity index (χ2v) is 12.8. The van der Waals surface area contributed by atoms with Crippen molar-refractivity contribution < 1.29 is 19.4 Å². The molecule has 4 nitrogen and oxygen atoms in total. The molecule has 4 fully saturated rings. The van der Waals surface area contributed by atoms with Crippen molar-refractivity contribution in [1.82, 2.24) is 0 Å².